The zero-order chi connectivity index (χ0) is 19.9. The van der Waals surface area contributed by atoms with Crippen LogP contribution in [0.5, 0.6) is 11.5 Å². The van der Waals surface area contributed by atoms with Crippen LogP contribution in [0.4, 0.5) is 0 Å². The van der Waals surface area contributed by atoms with Crippen LogP contribution >= 0.6 is 0 Å². The maximum absolute atomic E-state index is 12.9. The highest BCUT2D eigenvalue weighted by atomic mass is 16.5. The number of hydrogen-bond acceptors (Lipinski definition) is 4. The van der Waals surface area contributed by atoms with Gasteiger partial charge in [-0.15, -0.1) is 0 Å². The van der Waals surface area contributed by atoms with Crippen molar-refractivity contribution in [2.75, 3.05) is 39.4 Å². The largest absolute Gasteiger partial charge is 0.490 e. The van der Waals surface area contributed by atoms with E-state index in [1.807, 2.05) is 22.8 Å². The van der Waals surface area contributed by atoms with Crippen LogP contribution in [-0.4, -0.2) is 61.0 Å². The second-order valence-electron chi connectivity index (χ2n) is 7.54. The van der Waals surface area contributed by atoms with Crippen LogP contribution < -0.4 is 9.47 Å². The molecular formula is C22H32N2O4. The second-order valence-corrected chi connectivity index (χ2v) is 7.54. The molecule has 0 aromatic heterocycles. The summed E-state index contributed by atoms with van der Waals surface area (Å²) in [5.74, 6) is 1.74. The molecule has 6 nitrogen and oxygen atoms in total. The van der Waals surface area contributed by atoms with Gasteiger partial charge < -0.3 is 19.3 Å². The summed E-state index contributed by atoms with van der Waals surface area (Å²) in [4.78, 5) is 29.3. The van der Waals surface area contributed by atoms with Crippen molar-refractivity contribution in [1.82, 2.24) is 9.80 Å². The number of carbonyl (C=O) groups is 2. The summed E-state index contributed by atoms with van der Waals surface area (Å²) in [7, 11) is 0. The zero-order valence-electron chi connectivity index (χ0n) is 17.1. The normalized spacial score (nSPS) is 17.6. The quantitative estimate of drug-likeness (QED) is 0.719. The van der Waals surface area contributed by atoms with Gasteiger partial charge in [-0.05, 0) is 44.4 Å². The molecule has 0 spiro atoms. The molecule has 0 radical (unpaired) electrons. The maximum atomic E-state index is 12.9. The summed E-state index contributed by atoms with van der Waals surface area (Å²) in [6.45, 7) is 7.50. The smallest absolute Gasteiger partial charge is 0.254 e. The molecule has 2 amide bonds. The molecule has 28 heavy (non-hydrogen) atoms. The lowest BCUT2D eigenvalue weighted by Crippen LogP contribution is -2.51. The van der Waals surface area contributed by atoms with Gasteiger partial charge in [-0.2, -0.15) is 0 Å². The van der Waals surface area contributed by atoms with Gasteiger partial charge in [0.2, 0.25) is 5.91 Å². The van der Waals surface area contributed by atoms with E-state index in [9.17, 15) is 9.59 Å². The Hall–Kier alpha value is -2.24. The number of carbonyl (C=O) groups excluding carboxylic acids is 2. The molecular weight excluding hydrogens is 356 g/mol. The minimum atomic E-state index is -0.0176. The van der Waals surface area contributed by atoms with Crippen LogP contribution in [0, 0.1) is 5.92 Å². The lowest BCUT2D eigenvalue weighted by atomic mass is 10.1. The fraction of sp³-hybridized carbons (Fsp3) is 0.636. The van der Waals surface area contributed by atoms with Crippen molar-refractivity contribution in [2.24, 2.45) is 5.92 Å². The van der Waals surface area contributed by atoms with Gasteiger partial charge in [0, 0.05) is 37.7 Å². The maximum Gasteiger partial charge on any atom is 0.254 e. The average Bonchev–Trinajstić information content (AvgIpc) is 3.27. The van der Waals surface area contributed by atoms with Crippen molar-refractivity contribution in [3.05, 3.63) is 23.8 Å². The summed E-state index contributed by atoms with van der Waals surface area (Å²) in [6.07, 6.45) is 5.27. The topological polar surface area (TPSA) is 59.1 Å². The zero-order valence-corrected chi connectivity index (χ0v) is 17.1. The summed E-state index contributed by atoms with van der Waals surface area (Å²) in [6, 6.07) is 5.38. The van der Waals surface area contributed by atoms with E-state index in [4.69, 9.17) is 9.47 Å². The third-order valence-corrected chi connectivity index (χ3v) is 5.54. The van der Waals surface area contributed by atoms with Crippen LogP contribution in [0.2, 0.25) is 0 Å². The Kier molecular flexibility index (Phi) is 7.18. The fourth-order valence-electron chi connectivity index (χ4n) is 3.98. The molecule has 2 fully saturated rings. The van der Waals surface area contributed by atoms with Gasteiger partial charge in [0.25, 0.3) is 5.91 Å². The predicted octanol–water partition coefficient (Wildman–Crippen LogP) is 3.35. The molecule has 3 rings (SSSR count). The number of piperazine rings is 1. The molecule has 1 aliphatic carbocycles. The molecule has 0 bridgehead atoms. The van der Waals surface area contributed by atoms with Crippen molar-refractivity contribution in [1.29, 1.82) is 0 Å². The molecule has 1 aliphatic heterocycles. The van der Waals surface area contributed by atoms with Gasteiger partial charge in [0.05, 0.1) is 13.2 Å². The minimum absolute atomic E-state index is 0.0176. The first kappa shape index (κ1) is 20.5. The van der Waals surface area contributed by atoms with Gasteiger partial charge in [-0.3, -0.25) is 9.59 Å². The van der Waals surface area contributed by atoms with Gasteiger partial charge in [0.15, 0.2) is 11.5 Å². The van der Waals surface area contributed by atoms with Crippen LogP contribution in [0.15, 0.2) is 18.2 Å². The van der Waals surface area contributed by atoms with Crippen LogP contribution in [-0.2, 0) is 4.79 Å². The third-order valence-electron chi connectivity index (χ3n) is 5.54. The first-order chi connectivity index (χ1) is 13.6. The number of rotatable bonds is 7. The van der Waals surface area contributed by atoms with E-state index in [-0.39, 0.29) is 17.7 Å². The van der Waals surface area contributed by atoms with E-state index in [1.165, 1.54) is 0 Å². The average molecular weight is 389 g/mol. The van der Waals surface area contributed by atoms with Crippen molar-refractivity contribution in [2.45, 2.75) is 46.0 Å². The fourth-order valence-corrected chi connectivity index (χ4v) is 3.98. The second kappa shape index (κ2) is 9.80. The Morgan fingerprint density at radius 1 is 0.964 bits per heavy atom. The molecule has 154 valence electrons. The third kappa shape index (κ3) is 4.78. The van der Waals surface area contributed by atoms with Crippen molar-refractivity contribution in [3.8, 4) is 11.5 Å². The number of hydrogen-bond donors (Lipinski definition) is 0. The van der Waals surface area contributed by atoms with Crippen LogP contribution in [0.3, 0.4) is 0 Å². The molecule has 1 aromatic rings. The minimum Gasteiger partial charge on any atom is -0.490 e. The molecule has 0 atom stereocenters. The Balaban J connectivity index is 1.61. The summed E-state index contributed by atoms with van der Waals surface area (Å²) < 4.78 is 11.4. The standard InChI is InChI=1S/C22H32N2O4/c1-3-15-28-19-10-9-18(16-20(19)27-4-2)22(26)24-13-11-23(12-14-24)21(25)17-7-5-6-8-17/h9-10,16-17H,3-8,11-15H2,1-2H3. The Bertz CT molecular complexity index is 677. The molecule has 1 aromatic carbocycles. The number of ether oxygens (including phenoxy) is 2. The van der Waals surface area contributed by atoms with E-state index in [0.29, 0.717) is 56.5 Å². The number of nitrogens with zero attached hydrogens (tertiary/aromatic N) is 2. The van der Waals surface area contributed by atoms with Crippen LogP contribution in [0.25, 0.3) is 0 Å². The monoisotopic (exact) mass is 388 g/mol. The SMILES string of the molecule is CCCOc1ccc(C(=O)N2CCN(C(=O)C3CCCC3)CC2)cc1OCC. The summed E-state index contributed by atoms with van der Waals surface area (Å²) in [5.41, 5.74) is 0.600. The van der Waals surface area contributed by atoms with Gasteiger partial charge in [0.1, 0.15) is 0 Å². The van der Waals surface area contributed by atoms with E-state index < -0.39 is 0 Å². The molecule has 1 heterocycles. The predicted molar refractivity (Wildman–Crippen MR) is 108 cm³/mol. The highest BCUT2D eigenvalue weighted by Gasteiger charge is 2.30. The highest BCUT2D eigenvalue weighted by Crippen LogP contribution is 2.30. The van der Waals surface area contributed by atoms with Crippen LogP contribution in [0.1, 0.15) is 56.3 Å². The van der Waals surface area contributed by atoms with E-state index in [1.54, 1.807) is 12.1 Å². The molecule has 6 heteroatoms. The number of amides is 2. The first-order valence-electron chi connectivity index (χ1n) is 10.6. The first-order valence-corrected chi connectivity index (χ1v) is 10.6. The lowest BCUT2D eigenvalue weighted by Gasteiger charge is -2.36. The van der Waals surface area contributed by atoms with Gasteiger partial charge in [-0.25, -0.2) is 0 Å². The molecule has 2 aliphatic rings. The Labute approximate surface area is 167 Å². The Morgan fingerprint density at radius 2 is 1.64 bits per heavy atom. The van der Waals surface area contributed by atoms with Crippen molar-refractivity contribution < 1.29 is 19.1 Å². The summed E-state index contributed by atoms with van der Waals surface area (Å²) >= 11 is 0. The van der Waals surface area contributed by atoms with Gasteiger partial charge >= 0.3 is 0 Å². The number of benzene rings is 1. The Morgan fingerprint density at radius 3 is 2.29 bits per heavy atom. The van der Waals surface area contributed by atoms with Crippen molar-refractivity contribution >= 4 is 11.8 Å². The van der Waals surface area contributed by atoms with E-state index >= 15 is 0 Å². The lowest BCUT2D eigenvalue weighted by molar-refractivity contribution is -0.136. The highest BCUT2D eigenvalue weighted by molar-refractivity contribution is 5.95. The molecule has 0 N–H and O–H groups in total. The molecule has 1 saturated heterocycles. The van der Waals surface area contributed by atoms with E-state index in [0.717, 1.165) is 32.1 Å². The van der Waals surface area contributed by atoms with Gasteiger partial charge in [-0.1, -0.05) is 19.8 Å². The molecule has 0 unspecified atom stereocenters. The van der Waals surface area contributed by atoms with E-state index in [2.05, 4.69) is 6.92 Å². The molecule has 1 saturated carbocycles. The summed E-state index contributed by atoms with van der Waals surface area (Å²) in [5, 5.41) is 0. The van der Waals surface area contributed by atoms with Crippen molar-refractivity contribution in [3.63, 3.8) is 0 Å².